The van der Waals surface area contributed by atoms with Crippen LogP contribution in [0.1, 0.15) is 39.5 Å². The number of hydrogen-bond acceptors (Lipinski definition) is 3. The molecule has 3 rings (SSSR count). The van der Waals surface area contributed by atoms with Gasteiger partial charge in [0, 0.05) is 44.0 Å². The highest BCUT2D eigenvalue weighted by Gasteiger charge is 2.22. The molecular formula is C21H32N4OS. The first-order chi connectivity index (χ1) is 13.0. The predicted octanol–water partition coefficient (Wildman–Crippen LogP) is 3.47. The van der Waals surface area contributed by atoms with E-state index in [9.17, 15) is 4.79 Å². The van der Waals surface area contributed by atoms with Crippen LogP contribution in [-0.2, 0) is 4.79 Å². The van der Waals surface area contributed by atoms with E-state index >= 15 is 0 Å². The number of piperidine rings is 1. The molecule has 2 saturated heterocycles. The number of rotatable bonds is 6. The number of anilines is 2. The molecule has 27 heavy (non-hydrogen) atoms. The Balaban J connectivity index is 1.40. The summed E-state index contributed by atoms with van der Waals surface area (Å²) in [6.45, 7) is 9.93. The molecule has 2 heterocycles. The molecule has 1 aromatic carbocycles. The lowest BCUT2D eigenvalue weighted by atomic mass is 9.92. The van der Waals surface area contributed by atoms with E-state index in [0.717, 1.165) is 55.7 Å². The Labute approximate surface area is 168 Å². The zero-order chi connectivity index (χ0) is 19.2. The standard InChI is InChI=1S/C21H32N4OS/c1-16-12-17(2)15-24(14-16)10-5-9-22-21(27)23-18-6-3-7-19(13-18)25-11-4-8-20(25)26/h3,6-7,13,16-17H,4-5,8-12,14-15H2,1-2H3,(H2,22,23,27). The summed E-state index contributed by atoms with van der Waals surface area (Å²) in [6, 6.07) is 7.91. The van der Waals surface area contributed by atoms with Crippen molar-refractivity contribution in [3.63, 3.8) is 0 Å². The number of likely N-dealkylation sites (tertiary alicyclic amines) is 1. The monoisotopic (exact) mass is 388 g/mol. The summed E-state index contributed by atoms with van der Waals surface area (Å²) in [4.78, 5) is 16.3. The van der Waals surface area contributed by atoms with Crippen molar-refractivity contribution in [1.29, 1.82) is 0 Å². The van der Waals surface area contributed by atoms with Crippen molar-refractivity contribution in [2.75, 3.05) is 42.9 Å². The van der Waals surface area contributed by atoms with E-state index in [2.05, 4.69) is 29.4 Å². The fourth-order valence-corrected chi connectivity index (χ4v) is 4.55. The van der Waals surface area contributed by atoms with E-state index < -0.39 is 0 Å². The molecule has 0 aromatic heterocycles. The van der Waals surface area contributed by atoms with Gasteiger partial charge < -0.3 is 20.4 Å². The number of carbonyl (C=O) groups excluding carboxylic acids is 1. The smallest absolute Gasteiger partial charge is 0.227 e. The summed E-state index contributed by atoms with van der Waals surface area (Å²) < 4.78 is 0. The van der Waals surface area contributed by atoms with Gasteiger partial charge in [-0.25, -0.2) is 0 Å². The van der Waals surface area contributed by atoms with Gasteiger partial charge in [-0.3, -0.25) is 4.79 Å². The second kappa shape index (κ2) is 9.51. The SMILES string of the molecule is CC1CC(C)CN(CCCNC(=S)Nc2cccc(N3CCCC3=O)c2)C1. The molecule has 0 saturated carbocycles. The third-order valence-corrected chi connectivity index (χ3v) is 5.62. The van der Waals surface area contributed by atoms with Crippen LogP contribution < -0.4 is 15.5 Å². The third-order valence-electron chi connectivity index (χ3n) is 5.37. The number of benzene rings is 1. The van der Waals surface area contributed by atoms with Crippen LogP contribution in [0.25, 0.3) is 0 Å². The highest BCUT2D eigenvalue weighted by Crippen LogP contribution is 2.24. The highest BCUT2D eigenvalue weighted by molar-refractivity contribution is 7.80. The van der Waals surface area contributed by atoms with Gasteiger partial charge in [-0.05, 0) is 68.1 Å². The first kappa shape index (κ1) is 20.1. The summed E-state index contributed by atoms with van der Waals surface area (Å²) in [6.07, 6.45) is 4.02. The van der Waals surface area contributed by atoms with Crippen LogP contribution in [0, 0.1) is 11.8 Å². The number of thiocarbonyl (C=S) groups is 1. The Bertz CT molecular complexity index is 655. The Morgan fingerprint density at radius 3 is 2.74 bits per heavy atom. The molecule has 2 N–H and O–H groups in total. The number of hydrogen-bond donors (Lipinski definition) is 2. The van der Waals surface area contributed by atoms with Crippen LogP contribution in [-0.4, -0.2) is 48.6 Å². The maximum absolute atomic E-state index is 11.9. The van der Waals surface area contributed by atoms with Crippen molar-refractivity contribution in [1.82, 2.24) is 10.2 Å². The molecule has 0 aliphatic carbocycles. The molecule has 2 aliphatic heterocycles. The summed E-state index contributed by atoms with van der Waals surface area (Å²) >= 11 is 5.43. The van der Waals surface area contributed by atoms with Gasteiger partial charge >= 0.3 is 0 Å². The highest BCUT2D eigenvalue weighted by atomic mass is 32.1. The second-order valence-electron chi connectivity index (χ2n) is 8.14. The van der Waals surface area contributed by atoms with Crippen molar-refractivity contribution in [2.45, 2.75) is 39.5 Å². The zero-order valence-electron chi connectivity index (χ0n) is 16.5. The summed E-state index contributed by atoms with van der Waals surface area (Å²) in [5, 5.41) is 7.19. The van der Waals surface area contributed by atoms with Crippen LogP contribution in [0.2, 0.25) is 0 Å². The summed E-state index contributed by atoms with van der Waals surface area (Å²) in [7, 11) is 0. The first-order valence-electron chi connectivity index (χ1n) is 10.2. The Kier molecular flexibility index (Phi) is 7.07. The van der Waals surface area contributed by atoms with Crippen molar-refractivity contribution in [2.24, 2.45) is 11.8 Å². The van der Waals surface area contributed by atoms with Crippen LogP contribution in [0.3, 0.4) is 0 Å². The molecule has 2 aliphatic rings. The van der Waals surface area contributed by atoms with Crippen LogP contribution >= 0.6 is 12.2 Å². The molecule has 1 aromatic rings. The molecule has 2 unspecified atom stereocenters. The minimum Gasteiger partial charge on any atom is -0.362 e. The Hall–Kier alpha value is -1.66. The normalized spacial score (nSPS) is 23.5. The van der Waals surface area contributed by atoms with E-state index in [0.29, 0.717) is 11.5 Å². The van der Waals surface area contributed by atoms with E-state index in [4.69, 9.17) is 12.2 Å². The molecule has 148 valence electrons. The maximum atomic E-state index is 11.9. The zero-order valence-corrected chi connectivity index (χ0v) is 17.4. The lowest BCUT2D eigenvalue weighted by molar-refractivity contribution is -0.117. The molecular weight excluding hydrogens is 356 g/mol. The van der Waals surface area contributed by atoms with Gasteiger partial charge in [-0.2, -0.15) is 0 Å². The lowest BCUT2D eigenvalue weighted by Crippen LogP contribution is -2.40. The molecule has 5 nitrogen and oxygen atoms in total. The predicted molar refractivity (Wildman–Crippen MR) is 116 cm³/mol. The van der Waals surface area contributed by atoms with E-state index in [1.807, 2.05) is 29.2 Å². The van der Waals surface area contributed by atoms with Crippen molar-refractivity contribution in [3.8, 4) is 0 Å². The number of nitrogens with zero attached hydrogens (tertiary/aromatic N) is 2. The van der Waals surface area contributed by atoms with Gasteiger partial charge in [0.25, 0.3) is 0 Å². The minimum absolute atomic E-state index is 0.203. The fraction of sp³-hybridized carbons (Fsp3) is 0.619. The second-order valence-corrected chi connectivity index (χ2v) is 8.55. The van der Waals surface area contributed by atoms with Gasteiger partial charge in [0.2, 0.25) is 5.91 Å². The topological polar surface area (TPSA) is 47.6 Å². The van der Waals surface area contributed by atoms with Gasteiger partial charge in [0.1, 0.15) is 0 Å². The molecule has 0 spiro atoms. The van der Waals surface area contributed by atoms with Gasteiger partial charge in [0.15, 0.2) is 5.11 Å². The maximum Gasteiger partial charge on any atom is 0.227 e. The van der Waals surface area contributed by atoms with Gasteiger partial charge in [0.05, 0.1) is 0 Å². The van der Waals surface area contributed by atoms with Crippen molar-refractivity contribution >= 4 is 34.6 Å². The Morgan fingerprint density at radius 1 is 1.26 bits per heavy atom. The Morgan fingerprint density at radius 2 is 2.04 bits per heavy atom. The molecule has 2 atom stereocenters. The van der Waals surface area contributed by atoms with Crippen LogP contribution in [0.4, 0.5) is 11.4 Å². The third kappa shape index (κ3) is 5.91. The molecule has 0 bridgehead atoms. The summed E-state index contributed by atoms with van der Waals surface area (Å²) in [5.41, 5.74) is 1.86. The van der Waals surface area contributed by atoms with Crippen LogP contribution in [0.15, 0.2) is 24.3 Å². The molecule has 2 fully saturated rings. The molecule has 1 amide bonds. The van der Waals surface area contributed by atoms with Crippen molar-refractivity contribution in [3.05, 3.63) is 24.3 Å². The van der Waals surface area contributed by atoms with Crippen molar-refractivity contribution < 1.29 is 4.79 Å². The number of amides is 1. The summed E-state index contributed by atoms with van der Waals surface area (Å²) in [5.74, 6) is 1.81. The number of nitrogens with one attached hydrogen (secondary N) is 2. The number of carbonyl (C=O) groups is 1. The fourth-order valence-electron chi connectivity index (χ4n) is 4.33. The lowest BCUT2D eigenvalue weighted by Gasteiger charge is -2.35. The van der Waals surface area contributed by atoms with E-state index in [-0.39, 0.29) is 5.91 Å². The largest absolute Gasteiger partial charge is 0.362 e. The minimum atomic E-state index is 0.203. The van der Waals surface area contributed by atoms with Crippen LogP contribution in [0.5, 0.6) is 0 Å². The van der Waals surface area contributed by atoms with E-state index in [1.54, 1.807) is 0 Å². The average Bonchev–Trinajstić information content (AvgIpc) is 3.04. The average molecular weight is 389 g/mol. The van der Waals surface area contributed by atoms with Gasteiger partial charge in [-0.15, -0.1) is 0 Å². The van der Waals surface area contributed by atoms with E-state index in [1.165, 1.54) is 19.5 Å². The molecule has 0 radical (unpaired) electrons. The molecule has 6 heteroatoms. The quantitative estimate of drug-likeness (QED) is 0.577. The van der Waals surface area contributed by atoms with Gasteiger partial charge in [-0.1, -0.05) is 19.9 Å². The first-order valence-corrected chi connectivity index (χ1v) is 10.6.